The number of hydrogen-bond donors (Lipinski definition) is 1. The number of nitrogens with zero attached hydrogens (tertiary/aromatic N) is 2. The number of rotatable bonds is 11. The highest BCUT2D eigenvalue weighted by molar-refractivity contribution is 6.32. The number of nitrogens with one attached hydrogen (secondary N) is 1. The maximum atomic E-state index is 6.43. The maximum absolute atomic E-state index is 6.43. The van der Waals surface area contributed by atoms with E-state index in [1.54, 1.807) is 19.5 Å². The van der Waals surface area contributed by atoms with Crippen molar-refractivity contribution in [2.24, 2.45) is 0 Å². The zero-order chi connectivity index (χ0) is 18.8. The lowest BCUT2D eigenvalue weighted by atomic mass is 10.2. The van der Waals surface area contributed by atoms with E-state index in [0.29, 0.717) is 23.1 Å². The van der Waals surface area contributed by atoms with Crippen LogP contribution in [0.25, 0.3) is 0 Å². The van der Waals surface area contributed by atoms with Gasteiger partial charge in [-0.05, 0) is 36.9 Å². The Morgan fingerprint density at radius 3 is 2.41 bits per heavy atom. The van der Waals surface area contributed by atoms with E-state index in [1.807, 2.05) is 24.3 Å². The Hall–Kier alpha value is -0.950. The van der Waals surface area contributed by atoms with Gasteiger partial charge in [-0.1, -0.05) is 31.5 Å². The Balaban J connectivity index is 0. The predicted octanol–water partition coefficient (Wildman–Crippen LogP) is 5.02. The van der Waals surface area contributed by atoms with E-state index < -0.39 is 0 Å². The van der Waals surface area contributed by atoms with Gasteiger partial charge < -0.3 is 19.7 Å². The van der Waals surface area contributed by atoms with Crippen molar-refractivity contribution in [2.45, 2.75) is 27.0 Å². The summed E-state index contributed by atoms with van der Waals surface area (Å²) in [6.45, 7) is 9.59. The Labute approximate surface area is 197 Å². The fraction of sp³-hybridized carbons (Fsp3) is 0.450. The van der Waals surface area contributed by atoms with Crippen LogP contribution in [0.5, 0.6) is 11.5 Å². The van der Waals surface area contributed by atoms with Crippen LogP contribution in [0.1, 0.15) is 25.0 Å². The average Bonchev–Trinajstić information content (AvgIpc) is 2.67. The number of pyridine rings is 1. The summed E-state index contributed by atoms with van der Waals surface area (Å²) in [7, 11) is 1.63. The van der Waals surface area contributed by atoms with Crippen LogP contribution < -0.4 is 14.8 Å². The van der Waals surface area contributed by atoms with Crippen LogP contribution >= 0.6 is 48.8 Å². The standard InChI is InChI=1S/C20H28ClN3O2.3ClH/c1-4-24(5-2)10-9-23-14-17-11-18(21)20(19(12-17)25-3)26-15-16-7-6-8-22-13-16;;;/h6-8,11-13,23H,4-5,9-10,14-15H2,1-3H3;3*1H. The molecular formula is C20H31Cl4N3O2. The minimum Gasteiger partial charge on any atom is -0.493 e. The van der Waals surface area contributed by atoms with Crippen molar-refractivity contribution in [3.63, 3.8) is 0 Å². The number of aromatic nitrogens is 1. The fourth-order valence-corrected chi connectivity index (χ4v) is 2.95. The minimum absolute atomic E-state index is 0. The van der Waals surface area contributed by atoms with Crippen molar-refractivity contribution >= 4 is 48.8 Å². The second-order valence-electron chi connectivity index (χ2n) is 5.96. The normalized spacial score (nSPS) is 9.83. The van der Waals surface area contributed by atoms with Gasteiger partial charge in [-0.25, -0.2) is 0 Å². The molecule has 1 N–H and O–H groups in total. The van der Waals surface area contributed by atoms with E-state index in [2.05, 4.69) is 29.0 Å². The molecule has 0 saturated heterocycles. The largest absolute Gasteiger partial charge is 0.493 e. The van der Waals surface area contributed by atoms with Crippen LogP contribution in [-0.4, -0.2) is 43.2 Å². The maximum Gasteiger partial charge on any atom is 0.180 e. The molecule has 166 valence electrons. The highest BCUT2D eigenvalue weighted by Crippen LogP contribution is 2.36. The lowest BCUT2D eigenvalue weighted by molar-refractivity contribution is 0.284. The molecule has 0 atom stereocenters. The molecule has 9 heteroatoms. The highest BCUT2D eigenvalue weighted by atomic mass is 35.5. The first-order valence-electron chi connectivity index (χ1n) is 8.99. The molecule has 5 nitrogen and oxygen atoms in total. The fourth-order valence-electron chi connectivity index (χ4n) is 2.66. The van der Waals surface area contributed by atoms with Crippen LogP contribution in [0.2, 0.25) is 5.02 Å². The summed E-state index contributed by atoms with van der Waals surface area (Å²) in [6, 6.07) is 7.73. The van der Waals surface area contributed by atoms with Gasteiger partial charge in [-0.15, -0.1) is 37.2 Å². The summed E-state index contributed by atoms with van der Waals surface area (Å²) < 4.78 is 11.3. The monoisotopic (exact) mass is 485 g/mol. The number of methoxy groups -OCH3 is 1. The van der Waals surface area contributed by atoms with Gasteiger partial charge in [-0.2, -0.15) is 0 Å². The van der Waals surface area contributed by atoms with Crippen LogP contribution in [0.4, 0.5) is 0 Å². The molecule has 0 aliphatic heterocycles. The van der Waals surface area contributed by atoms with Gasteiger partial charge in [0.15, 0.2) is 11.5 Å². The summed E-state index contributed by atoms with van der Waals surface area (Å²) in [4.78, 5) is 6.47. The van der Waals surface area contributed by atoms with E-state index in [0.717, 1.165) is 43.9 Å². The summed E-state index contributed by atoms with van der Waals surface area (Å²) >= 11 is 6.43. The number of likely N-dealkylation sites (N-methyl/N-ethyl adjacent to an activating group) is 1. The zero-order valence-electron chi connectivity index (χ0n) is 17.0. The molecule has 0 bridgehead atoms. The molecule has 0 fully saturated rings. The van der Waals surface area contributed by atoms with E-state index >= 15 is 0 Å². The second-order valence-corrected chi connectivity index (χ2v) is 6.37. The van der Waals surface area contributed by atoms with E-state index in [-0.39, 0.29) is 37.2 Å². The van der Waals surface area contributed by atoms with Gasteiger partial charge in [0, 0.05) is 37.6 Å². The van der Waals surface area contributed by atoms with Gasteiger partial charge in [0.1, 0.15) is 6.61 Å². The molecule has 0 saturated carbocycles. The van der Waals surface area contributed by atoms with Gasteiger partial charge >= 0.3 is 0 Å². The lowest BCUT2D eigenvalue weighted by Crippen LogP contribution is -2.31. The Bertz CT molecular complexity index is 674. The number of hydrogen-bond acceptors (Lipinski definition) is 5. The van der Waals surface area contributed by atoms with Gasteiger partial charge in [0.05, 0.1) is 12.1 Å². The quantitative estimate of drug-likeness (QED) is 0.452. The molecule has 1 aromatic heterocycles. The van der Waals surface area contributed by atoms with Crippen LogP contribution in [0, 0.1) is 0 Å². The number of halogens is 4. The van der Waals surface area contributed by atoms with Crippen LogP contribution in [0.3, 0.4) is 0 Å². The molecule has 0 amide bonds. The summed E-state index contributed by atoms with van der Waals surface area (Å²) in [5.74, 6) is 1.20. The average molecular weight is 487 g/mol. The zero-order valence-corrected chi connectivity index (χ0v) is 20.2. The summed E-state index contributed by atoms with van der Waals surface area (Å²) in [5.41, 5.74) is 2.05. The molecule has 1 heterocycles. The van der Waals surface area contributed by atoms with Crippen LogP contribution in [-0.2, 0) is 13.2 Å². The Morgan fingerprint density at radius 1 is 1.10 bits per heavy atom. The van der Waals surface area contributed by atoms with E-state index in [1.165, 1.54) is 0 Å². The molecule has 2 aromatic rings. The predicted molar refractivity (Wildman–Crippen MR) is 128 cm³/mol. The summed E-state index contributed by atoms with van der Waals surface area (Å²) in [5, 5.41) is 4.00. The van der Waals surface area contributed by atoms with Crippen molar-refractivity contribution < 1.29 is 9.47 Å². The lowest BCUT2D eigenvalue weighted by Gasteiger charge is -2.18. The first kappa shape index (κ1) is 30.2. The molecule has 0 unspecified atom stereocenters. The SMILES string of the molecule is CCN(CC)CCNCc1cc(Cl)c(OCc2cccnc2)c(OC)c1.Cl.Cl.Cl. The van der Waals surface area contributed by atoms with Crippen LogP contribution in [0.15, 0.2) is 36.7 Å². The molecule has 2 rings (SSSR count). The molecular weight excluding hydrogens is 456 g/mol. The van der Waals surface area contributed by atoms with Gasteiger partial charge in [0.2, 0.25) is 0 Å². The van der Waals surface area contributed by atoms with Crippen molar-refractivity contribution in [3.8, 4) is 11.5 Å². The molecule has 29 heavy (non-hydrogen) atoms. The third-order valence-corrected chi connectivity index (χ3v) is 4.50. The third-order valence-electron chi connectivity index (χ3n) is 4.22. The topological polar surface area (TPSA) is 46.6 Å². The van der Waals surface area contributed by atoms with Crippen molar-refractivity contribution in [1.29, 1.82) is 0 Å². The second kappa shape index (κ2) is 16.8. The third kappa shape index (κ3) is 10.1. The van der Waals surface area contributed by atoms with Crippen molar-refractivity contribution in [3.05, 3.63) is 52.8 Å². The van der Waals surface area contributed by atoms with Crippen molar-refractivity contribution in [1.82, 2.24) is 15.2 Å². The Morgan fingerprint density at radius 2 is 1.83 bits per heavy atom. The summed E-state index contributed by atoms with van der Waals surface area (Å²) in [6.07, 6.45) is 3.51. The number of ether oxygens (including phenoxy) is 2. The molecule has 0 aliphatic rings. The van der Waals surface area contributed by atoms with Gasteiger partial charge in [0.25, 0.3) is 0 Å². The first-order valence-corrected chi connectivity index (χ1v) is 9.36. The molecule has 0 radical (unpaired) electrons. The number of benzene rings is 1. The Kier molecular flexibility index (Phi) is 17.5. The molecule has 1 aromatic carbocycles. The van der Waals surface area contributed by atoms with E-state index in [9.17, 15) is 0 Å². The van der Waals surface area contributed by atoms with Gasteiger partial charge in [-0.3, -0.25) is 4.98 Å². The first-order chi connectivity index (χ1) is 12.7. The van der Waals surface area contributed by atoms with Crippen molar-refractivity contribution in [2.75, 3.05) is 33.3 Å². The highest BCUT2D eigenvalue weighted by Gasteiger charge is 2.12. The smallest absolute Gasteiger partial charge is 0.180 e. The molecule has 0 aliphatic carbocycles. The minimum atomic E-state index is 0. The van der Waals surface area contributed by atoms with E-state index in [4.69, 9.17) is 21.1 Å². The molecule has 0 spiro atoms.